The van der Waals surface area contributed by atoms with Crippen molar-refractivity contribution in [1.82, 2.24) is 14.9 Å². The Kier molecular flexibility index (Phi) is 4.96. The van der Waals surface area contributed by atoms with Gasteiger partial charge in [0.05, 0.1) is 24.5 Å². The van der Waals surface area contributed by atoms with E-state index < -0.39 is 11.9 Å². The topological polar surface area (TPSA) is 104 Å². The fourth-order valence-electron chi connectivity index (χ4n) is 1.77. The number of carbonyl (C=O) groups is 2. The molecule has 0 aliphatic rings. The third kappa shape index (κ3) is 4.62. The maximum Gasteiger partial charge on any atom is 0.317 e. The summed E-state index contributed by atoms with van der Waals surface area (Å²) in [7, 11) is 0. The van der Waals surface area contributed by atoms with Crippen LogP contribution >= 0.6 is 11.3 Å². The zero-order valence-electron chi connectivity index (χ0n) is 11.0. The molecule has 0 atom stereocenters. The van der Waals surface area contributed by atoms with Gasteiger partial charge in [0.1, 0.15) is 5.01 Å². The zero-order valence-corrected chi connectivity index (χ0v) is 11.8. The van der Waals surface area contributed by atoms with Gasteiger partial charge in [0.25, 0.3) is 0 Å². The molecule has 0 saturated heterocycles. The van der Waals surface area contributed by atoms with Gasteiger partial charge < -0.3 is 10.2 Å². The Bertz CT molecular complexity index is 613. The Morgan fingerprint density at radius 1 is 1.19 bits per heavy atom. The number of thiazole rings is 1. The standard InChI is InChI=1S/C13H13N3O4S/c17-11(18)6-16(7-12(19)20)5-9-8-21-13(15-9)10-3-1-2-4-14-10/h1-4,8H,5-7H2,(H,17,18)(H,19,20). The summed E-state index contributed by atoms with van der Waals surface area (Å²) >= 11 is 1.39. The van der Waals surface area contributed by atoms with Gasteiger partial charge in [0.2, 0.25) is 0 Å². The van der Waals surface area contributed by atoms with Gasteiger partial charge in [-0.05, 0) is 12.1 Å². The van der Waals surface area contributed by atoms with Crippen molar-refractivity contribution >= 4 is 23.3 Å². The highest BCUT2D eigenvalue weighted by atomic mass is 32.1. The van der Waals surface area contributed by atoms with Gasteiger partial charge in [0, 0.05) is 18.1 Å². The van der Waals surface area contributed by atoms with Crippen molar-refractivity contribution in [3.8, 4) is 10.7 Å². The largest absolute Gasteiger partial charge is 0.480 e. The average Bonchev–Trinajstić information content (AvgIpc) is 2.86. The second-order valence-corrected chi connectivity index (χ2v) is 5.15. The van der Waals surface area contributed by atoms with E-state index in [0.717, 1.165) is 10.7 Å². The predicted octanol–water partition coefficient (Wildman–Crippen LogP) is 1.18. The molecule has 0 amide bonds. The van der Waals surface area contributed by atoms with Gasteiger partial charge in [-0.1, -0.05) is 6.07 Å². The Hall–Kier alpha value is -2.32. The molecule has 8 heteroatoms. The summed E-state index contributed by atoms with van der Waals surface area (Å²) in [5.41, 5.74) is 1.36. The molecule has 0 spiro atoms. The molecule has 2 aromatic rings. The minimum Gasteiger partial charge on any atom is -0.480 e. The SMILES string of the molecule is O=C(O)CN(CC(=O)O)Cc1csc(-c2ccccn2)n1. The van der Waals surface area contributed by atoms with Gasteiger partial charge >= 0.3 is 11.9 Å². The lowest BCUT2D eigenvalue weighted by Crippen LogP contribution is -2.34. The van der Waals surface area contributed by atoms with Crippen molar-refractivity contribution < 1.29 is 19.8 Å². The van der Waals surface area contributed by atoms with Crippen molar-refractivity contribution in [1.29, 1.82) is 0 Å². The molecule has 2 aromatic heterocycles. The smallest absolute Gasteiger partial charge is 0.317 e. The Morgan fingerprint density at radius 3 is 2.48 bits per heavy atom. The normalized spacial score (nSPS) is 10.7. The first kappa shape index (κ1) is 15.1. The Balaban J connectivity index is 2.09. The Labute approximate surface area is 124 Å². The van der Waals surface area contributed by atoms with Crippen LogP contribution in [0.15, 0.2) is 29.8 Å². The molecule has 0 bridgehead atoms. The molecule has 0 aliphatic carbocycles. The Morgan fingerprint density at radius 2 is 1.90 bits per heavy atom. The summed E-state index contributed by atoms with van der Waals surface area (Å²) in [4.78, 5) is 31.3. The number of carboxylic acid groups (broad SMARTS) is 2. The van der Waals surface area contributed by atoms with Crippen LogP contribution in [-0.4, -0.2) is 50.1 Å². The van der Waals surface area contributed by atoms with E-state index in [9.17, 15) is 9.59 Å². The van der Waals surface area contributed by atoms with Crippen molar-refractivity contribution in [2.24, 2.45) is 0 Å². The van der Waals surface area contributed by atoms with E-state index in [4.69, 9.17) is 10.2 Å². The fourth-order valence-corrected chi connectivity index (χ4v) is 2.55. The van der Waals surface area contributed by atoms with E-state index >= 15 is 0 Å². The molecule has 110 valence electrons. The molecule has 21 heavy (non-hydrogen) atoms. The van der Waals surface area contributed by atoms with E-state index in [0.29, 0.717) is 5.69 Å². The minimum absolute atomic E-state index is 0.169. The van der Waals surface area contributed by atoms with E-state index in [2.05, 4.69) is 9.97 Å². The fraction of sp³-hybridized carbons (Fsp3) is 0.231. The number of nitrogens with zero attached hydrogens (tertiary/aromatic N) is 3. The van der Waals surface area contributed by atoms with Crippen LogP contribution in [0, 0.1) is 0 Å². The first-order chi connectivity index (χ1) is 10.0. The van der Waals surface area contributed by atoms with Gasteiger partial charge in [-0.3, -0.25) is 19.5 Å². The monoisotopic (exact) mass is 307 g/mol. The van der Waals surface area contributed by atoms with E-state index in [1.165, 1.54) is 16.2 Å². The van der Waals surface area contributed by atoms with E-state index in [1.54, 1.807) is 17.6 Å². The molecule has 0 fully saturated rings. The number of rotatable bonds is 7. The van der Waals surface area contributed by atoms with Gasteiger partial charge in [-0.25, -0.2) is 4.98 Å². The van der Waals surface area contributed by atoms with Crippen LogP contribution in [0.4, 0.5) is 0 Å². The lowest BCUT2D eigenvalue weighted by Gasteiger charge is -2.16. The van der Waals surface area contributed by atoms with Crippen LogP contribution in [0.1, 0.15) is 5.69 Å². The van der Waals surface area contributed by atoms with Gasteiger partial charge in [-0.15, -0.1) is 11.3 Å². The van der Waals surface area contributed by atoms with Crippen LogP contribution in [0.5, 0.6) is 0 Å². The molecule has 0 aliphatic heterocycles. The maximum atomic E-state index is 10.7. The number of aromatic nitrogens is 2. The van der Waals surface area contributed by atoms with Crippen LogP contribution in [0.2, 0.25) is 0 Å². The highest BCUT2D eigenvalue weighted by Crippen LogP contribution is 2.21. The molecule has 2 rings (SSSR count). The number of pyridine rings is 1. The second-order valence-electron chi connectivity index (χ2n) is 4.29. The van der Waals surface area contributed by atoms with E-state index in [1.807, 2.05) is 12.1 Å². The number of hydrogen-bond donors (Lipinski definition) is 2. The first-order valence-corrected chi connectivity index (χ1v) is 6.94. The van der Waals surface area contributed by atoms with Crippen LogP contribution in [0.3, 0.4) is 0 Å². The van der Waals surface area contributed by atoms with Crippen molar-refractivity contribution in [2.75, 3.05) is 13.1 Å². The van der Waals surface area contributed by atoms with Crippen LogP contribution < -0.4 is 0 Å². The lowest BCUT2D eigenvalue weighted by molar-refractivity contribution is -0.142. The van der Waals surface area contributed by atoms with Gasteiger partial charge in [-0.2, -0.15) is 0 Å². The molecule has 0 unspecified atom stereocenters. The van der Waals surface area contributed by atoms with Crippen LogP contribution in [-0.2, 0) is 16.1 Å². The summed E-state index contributed by atoms with van der Waals surface area (Å²) in [6, 6.07) is 5.49. The first-order valence-electron chi connectivity index (χ1n) is 6.06. The molecular weight excluding hydrogens is 294 g/mol. The maximum absolute atomic E-state index is 10.7. The average molecular weight is 307 g/mol. The van der Waals surface area contributed by atoms with Gasteiger partial charge in [0.15, 0.2) is 0 Å². The highest BCUT2D eigenvalue weighted by Gasteiger charge is 2.16. The molecule has 7 nitrogen and oxygen atoms in total. The van der Waals surface area contributed by atoms with Crippen LogP contribution in [0.25, 0.3) is 10.7 Å². The molecule has 2 heterocycles. The van der Waals surface area contributed by atoms with Crippen molar-refractivity contribution in [3.05, 3.63) is 35.5 Å². The zero-order chi connectivity index (χ0) is 15.2. The molecule has 0 radical (unpaired) electrons. The molecule has 0 saturated carbocycles. The predicted molar refractivity (Wildman–Crippen MR) is 75.9 cm³/mol. The lowest BCUT2D eigenvalue weighted by atomic mass is 10.3. The quantitative estimate of drug-likeness (QED) is 0.791. The molecular formula is C13H13N3O4S. The van der Waals surface area contributed by atoms with Crippen molar-refractivity contribution in [2.45, 2.75) is 6.54 Å². The molecule has 2 N–H and O–H groups in total. The summed E-state index contributed by atoms with van der Waals surface area (Å²) in [5.74, 6) is -2.15. The summed E-state index contributed by atoms with van der Waals surface area (Å²) < 4.78 is 0. The third-order valence-electron chi connectivity index (χ3n) is 2.54. The minimum atomic E-state index is -1.07. The summed E-state index contributed by atoms with van der Waals surface area (Å²) in [5, 5.41) is 20.1. The van der Waals surface area contributed by atoms with Crippen molar-refractivity contribution in [3.63, 3.8) is 0 Å². The number of aliphatic carboxylic acids is 2. The molecule has 0 aromatic carbocycles. The summed E-state index contributed by atoms with van der Waals surface area (Å²) in [6.07, 6.45) is 1.66. The second kappa shape index (κ2) is 6.91. The van der Waals surface area contributed by atoms with E-state index in [-0.39, 0.29) is 19.6 Å². The number of hydrogen-bond acceptors (Lipinski definition) is 6. The summed E-state index contributed by atoms with van der Waals surface area (Å²) in [6.45, 7) is -0.520. The highest BCUT2D eigenvalue weighted by molar-refractivity contribution is 7.13. The third-order valence-corrected chi connectivity index (χ3v) is 3.45. The number of carboxylic acids is 2.